The van der Waals surface area contributed by atoms with Crippen LogP contribution >= 0.6 is 11.6 Å². The molecule has 33 heavy (non-hydrogen) atoms. The number of aromatic nitrogens is 4. The van der Waals surface area contributed by atoms with Gasteiger partial charge < -0.3 is 4.74 Å². The molecule has 6 nitrogen and oxygen atoms in total. The molecule has 0 amide bonds. The largest absolute Gasteiger partial charge is 0.484 e. The topological polar surface area (TPSA) is 80.8 Å². The van der Waals surface area contributed by atoms with Gasteiger partial charge in [0.1, 0.15) is 6.61 Å². The smallest absolute Gasteiger partial charge is 0.417 e. The maximum atomic E-state index is 15.0. The van der Waals surface area contributed by atoms with Crippen molar-refractivity contribution in [3.05, 3.63) is 81.6 Å². The molecule has 0 radical (unpaired) electrons. The Hall–Kier alpha value is -3.53. The predicted octanol–water partition coefficient (Wildman–Crippen LogP) is 5.48. The van der Waals surface area contributed by atoms with Crippen molar-refractivity contribution in [1.29, 1.82) is 0 Å². The van der Waals surface area contributed by atoms with Gasteiger partial charge in [-0.05, 0) is 42.8 Å². The summed E-state index contributed by atoms with van der Waals surface area (Å²) in [5.41, 5.74) is 0.727. The number of halogens is 5. The molecule has 1 aromatic carbocycles. The fourth-order valence-electron chi connectivity index (χ4n) is 3.16. The molecule has 0 aliphatic rings. The maximum absolute atomic E-state index is 15.0. The Kier molecular flexibility index (Phi) is 6.03. The van der Waals surface area contributed by atoms with Gasteiger partial charge in [0, 0.05) is 29.9 Å². The van der Waals surface area contributed by atoms with Crippen LogP contribution in [-0.4, -0.2) is 25.9 Å². The van der Waals surface area contributed by atoms with E-state index >= 15 is 4.39 Å². The quantitative estimate of drug-likeness (QED) is 0.293. The summed E-state index contributed by atoms with van der Waals surface area (Å²) in [4.78, 5) is 20.7. The Morgan fingerprint density at radius 1 is 1.15 bits per heavy atom. The van der Waals surface area contributed by atoms with Gasteiger partial charge in [-0.2, -0.15) is 18.3 Å². The first-order valence-corrected chi connectivity index (χ1v) is 9.97. The van der Waals surface area contributed by atoms with Gasteiger partial charge in [0.25, 0.3) is 0 Å². The highest BCUT2D eigenvalue weighted by Gasteiger charge is 2.30. The molecule has 0 atom stereocenters. The first kappa shape index (κ1) is 22.7. The molecule has 1 N–H and O–H groups in total. The van der Waals surface area contributed by atoms with E-state index in [1.54, 1.807) is 6.07 Å². The fourth-order valence-corrected chi connectivity index (χ4v) is 3.41. The molecule has 0 unspecified atom stereocenters. The van der Waals surface area contributed by atoms with E-state index < -0.39 is 23.3 Å². The third-order valence-electron chi connectivity index (χ3n) is 4.88. The molecule has 11 heteroatoms. The normalized spacial score (nSPS) is 11.7. The Bertz CT molecular complexity index is 1340. The SMILES string of the molecule is Cc1[nH]nc2ncc(CC(=O)c3c(Cl)ccc(OCc4ccc(C(F)(F)F)cn4)c3F)cc12. The zero-order valence-corrected chi connectivity index (χ0v) is 17.8. The minimum atomic E-state index is -4.51. The number of nitrogens with zero attached hydrogens (tertiary/aromatic N) is 3. The van der Waals surface area contributed by atoms with E-state index in [-0.39, 0.29) is 35.1 Å². The molecular formula is C22H15ClF4N4O2. The number of Topliss-reactive ketones (excluding diaryl/α,β-unsaturated/α-hetero) is 1. The van der Waals surface area contributed by atoms with Gasteiger partial charge in [-0.3, -0.25) is 14.9 Å². The average Bonchev–Trinajstić information content (AvgIpc) is 3.13. The van der Waals surface area contributed by atoms with Crippen LogP contribution in [-0.2, 0) is 19.2 Å². The number of H-pyrrole nitrogens is 1. The van der Waals surface area contributed by atoms with Gasteiger partial charge >= 0.3 is 6.18 Å². The number of aryl methyl sites for hydroxylation is 1. The zero-order valence-electron chi connectivity index (χ0n) is 17.0. The van der Waals surface area contributed by atoms with Gasteiger partial charge in [0.2, 0.25) is 0 Å². The molecule has 3 heterocycles. The molecule has 4 aromatic rings. The summed E-state index contributed by atoms with van der Waals surface area (Å²) in [5, 5.41) is 7.47. The van der Waals surface area contributed by atoms with Crippen LogP contribution in [0.5, 0.6) is 5.75 Å². The number of carbonyl (C=O) groups excluding carboxylic acids is 1. The third kappa shape index (κ3) is 4.80. The lowest BCUT2D eigenvalue weighted by atomic mass is 10.0. The van der Waals surface area contributed by atoms with Crippen LogP contribution in [0.25, 0.3) is 11.0 Å². The maximum Gasteiger partial charge on any atom is 0.417 e. The predicted molar refractivity (Wildman–Crippen MR) is 112 cm³/mol. The van der Waals surface area contributed by atoms with E-state index in [0.29, 0.717) is 17.4 Å². The lowest BCUT2D eigenvalue weighted by molar-refractivity contribution is -0.137. The molecule has 0 saturated carbocycles. The Morgan fingerprint density at radius 2 is 1.94 bits per heavy atom. The first-order chi connectivity index (χ1) is 15.6. The minimum absolute atomic E-state index is 0.0916. The summed E-state index contributed by atoms with van der Waals surface area (Å²) in [6, 6.07) is 6.27. The molecule has 0 bridgehead atoms. The third-order valence-corrected chi connectivity index (χ3v) is 5.20. The van der Waals surface area contributed by atoms with Gasteiger partial charge in [-0.1, -0.05) is 11.6 Å². The summed E-state index contributed by atoms with van der Waals surface area (Å²) >= 11 is 6.08. The molecule has 4 rings (SSSR count). The molecule has 0 spiro atoms. The van der Waals surface area contributed by atoms with Crippen LogP contribution in [0.4, 0.5) is 17.6 Å². The number of rotatable bonds is 6. The number of pyridine rings is 2. The molecule has 0 aliphatic heterocycles. The van der Waals surface area contributed by atoms with Crippen LogP contribution in [0.15, 0.2) is 42.7 Å². The highest BCUT2D eigenvalue weighted by atomic mass is 35.5. The van der Waals surface area contributed by atoms with Crippen molar-refractivity contribution in [1.82, 2.24) is 20.2 Å². The molecule has 3 aromatic heterocycles. The van der Waals surface area contributed by atoms with Crippen LogP contribution in [0.2, 0.25) is 5.02 Å². The summed E-state index contributed by atoms with van der Waals surface area (Å²) in [6.45, 7) is 1.51. The van der Waals surface area contributed by atoms with Crippen molar-refractivity contribution in [2.45, 2.75) is 26.1 Å². The van der Waals surface area contributed by atoms with Crippen molar-refractivity contribution in [3.63, 3.8) is 0 Å². The number of ketones is 1. The number of hydrogen-bond acceptors (Lipinski definition) is 5. The van der Waals surface area contributed by atoms with Crippen LogP contribution in [0.1, 0.15) is 32.9 Å². The lowest BCUT2D eigenvalue weighted by Gasteiger charge is -2.12. The molecule has 0 saturated heterocycles. The van der Waals surface area contributed by atoms with Crippen LogP contribution in [0, 0.1) is 12.7 Å². The highest BCUT2D eigenvalue weighted by Crippen LogP contribution is 2.30. The van der Waals surface area contributed by atoms with E-state index in [2.05, 4.69) is 20.2 Å². The van der Waals surface area contributed by atoms with Gasteiger partial charge in [0.05, 0.1) is 21.8 Å². The second-order valence-corrected chi connectivity index (χ2v) is 7.63. The number of fused-ring (bicyclic) bond motifs is 1. The Labute approximate surface area is 189 Å². The van der Waals surface area contributed by atoms with E-state index in [0.717, 1.165) is 23.2 Å². The van der Waals surface area contributed by atoms with Crippen molar-refractivity contribution >= 4 is 28.4 Å². The van der Waals surface area contributed by atoms with Crippen molar-refractivity contribution in [2.75, 3.05) is 0 Å². The first-order valence-electron chi connectivity index (χ1n) is 9.59. The Balaban J connectivity index is 1.52. The fraction of sp³-hybridized carbons (Fsp3) is 0.182. The number of hydrogen-bond donors (Lipinski definition) is 1. The summed E-state index contributed by atoms with van der Waals surface area (Å²) in [7, 11) is 0. The standard InChI is InChI=1S/C22H15ClF4N4O2/c1-11-15-6-12(8-29-21(15)31-30-11)7-17(32)19-16(23)4-5-18(20(19)24)33-10-14-3-2-13(9-28-14)22(25,26)27/h2-6,8-9H,7,10H2,1H3,(H,29,30,31). The number of ether oxygens (including phenoxy) is 1. The number of alkyl halides is 3. The Morgan fingerprint density at radius 3 is 2.64 bits per heavy atom. The summed E-state index contributed by atoms with van der Waals surface area (Å²) in [5.74, 6) is -1.82. The van der Waals surface area contributed by atoms with Gasteiger partial charge in [0.15, 0.2) is 23.0 Å². The van der Waals surface area contributed by atoms with E-state index in [1.165, 1.54) is 18.3 Å². The van der Waals surface area contributed by atoms with Gasteiger partial charge in [-0.15, -0.1) is 0 Å². The van der Waals surface area contributed by atoms with Gasteiger partial charge in [-0.25, -0.2) is 9.37 Å². The van der Waals surface area contributed by atoms with E-state index in [9.17, 15) is 18.0 Å². The molecular weight excluding hydrogens is 464 g/mol. The monoisotopic (exact) mass is 478 g/mol. The van der Waals surface area contributed by atoms with E-state index in [1.807, 2.05) is 6.92 Å². The van der Waals surface area contributed by atoms with Crippen molar-refractivity contribution in [2.24, 2.45) is 0 Å². The average molecular weight is 479 g/mol. The summed E-state index contributed by atoms with van der Waals surface area (Å²) < 4.78 is 58.3. The highest BCUT2D eigenvalue weighted by molar-refractivity contribution is 6.34. The van der Waals surface area contributed by atoms with Crippen LogP contribution in [0.3, 0.4) is 0 Å². The molecule has 170 valence electrons. The number of carbonyl (C=O) groups is 1. The number of nitrogens with one attached hydrogen (secondary N) is 1. The minimum Gasteiger partial charge on any atom is -0.484 e. The molecule has 0 fully saturated rings. The van der Waals surface area contributed by atoms with E-state index in [4.69, 9.17) is 16.3 Å². The second kappa shape index (κ2) is 8.78. The number of benzene rings is 1. The second-order valence-electron chi connectivity index (χ2n) is 7.22. The number of aromatic amines is 1. The zero-order chi connectivity index (χ0) is 23.8. The van der Waals surface area contributed by atoms with Crippen LogP contribution < -0.4 is 4.74 Å². The summed E-state index contributed by atoms with van der Waals surface area (Å²) in [6.07, 6.45) is -2.53. The van der Waals surface area contributed by atoms with Crippen molar-refractivity contribution < 1.29 is 27.1 Å². The molecule has 0 aliphatic carbocycles. The lowest BCUT2D eigenvalue weighted by Crippen LogP contribution is -2.10. The van der Waals surface area contributed by atoms with Crippen molar-refractivity contribution in [3.8, 4) is 5.75 Å².